The highest BCUT2D eigenvalue weighted by atomic mass is 79.9. The van der Waals surface area contributed by atoms with Crippen LogP contribution < -0.4 is 14.8 Å². The van der Waals surface area contributed by atoms with Gasteiger partial charge in [0.15, 0.2) is 16.7 Å². The van der Waals surface area contributed by atoms with Crippen LogP contribution in [0.5, 0.6) is 11.5 Å². The summed E-state index contributed by atoms with van der Waals surface area (Å²) < 4.78 is 12.3. The zero-order valence-electron chi connectivity index (χ0n) is 15.7. The maximum absolute atomic E-state index is 12.3. The number of carbonyl (C=O) groups excluding carboxylic acids is 1. The van der Waals surface area contributed by atoms with Gasteiger partial charge in [-0.05, 0) is 76.9 Å². The molecule has 146 valence electrons. The van der Waals surface area contributed by atoms with Crippen molar-refractivity contribution in [3.05, 3.63) is 57.4 Å². The Morgan fingerprint density at radius 2 is 1.96 bits per heavy atom. The lowest BCUT2D eigenvalue weighted by molar-refractivity contribution is -0.115. The second-order valence-electron chi connectivity index (χ2n) is 5.93. The first-order valence-corrected chi connectivity index (χ1v) is 10.7. The lowest BCUT2D eigenvalue weighted by Crippen LogP contribution is -2.19. The number of amides is 1. The molecule has 7 heteroatoms. The summed E-state index contributed by atoms with van der Waals surface area (Å²) in [4.78, 5) is 17.4. The Morgan fingerprint density at radius 1 is 1.18 bits per heavy atom. The fourth-order valence-electron chi connectivity index (χ4n) is 2.53. The molecule has 0 atom stereocenters. The molecule has 1 amide bonds. The lowest BCUT2D eigenvalue weighted by Gasteiger charge is -2.14. The fraction of sp³-hybridized carbons (Fsp3) is 0.238. The van der Waals surface area contributed by atoms with Crippen molar-refractivity contribution in [2.75, 3.05) is 13.2 Å². The van der Waals surface area contributed by atoms with E-state index in [1.165, 1.54) is 11.8 Å². The van der Waals surface area contributed by atoms with Crippen molar-refractivity contribution in [3.8, 4) is 11.5 Å². The molecule has 0 aliphatic carbocycles. The highest BCUT2D eigenvalue weighted by Crippen LogP contribution is 2.38. The average molecular weight is 461 g/mol. The van der Waals surface area contributed by atoms with Crippen LogP contribution >= 0.6 is 27.7 Å². The summed E-state index contributed by atoms with van der Waals surface area (Å²) in [5.74, 6) is 1.17. The normalized spacial score (nSPS) is 16.5. The number of halogens is 1. The van der Waals surface area contributed by atoms with Gasteiger partial charge in [-0.1, -0.05) is 25.1 Å². The van der Waals surface area contributed by atoms with E-state index in [2.05, 4.69) is 33.2 Å². The first-order chi connectivity index (χ1) is 13.6. The predicted molar refractivity (Wildman–Crippen MR) is 118 cm³/mol. The van der Waals surface area contributed by atoms with E-state index < -0.39 is 0 Å². The monoisotopic (exact) mass is 460 g/mol. The minimum Gasteiger partial charge on any atom is -0.490 e. The van der Waals surface area contributed by atoms with Gasteiger partial charge < -0.3 is 14.8 Å². The molecule has 0 saturated carbocycles. The van der Waals surface area contributed by atoms with Gasteiger partial charge in [-0.2, -0.15) is 0 Å². The number of ether oxygens (including phenoxy) is 2. The van der Waals surface area contributed by atoms with E-state index >= 15 is 0 Å². The van der Waals surface area contributed by atoms with Crippen LogP contribution in [0.1, 0.15) is 25.8 Å². The van der Waals surface area contributed by atoms with Gasteiger partial charge in [-0.15, -0.1) is 0 Å². The number of nitrogens with zero attached hydrogens (tertiary/aromatic N) is 1. The van der Waals surface area contributed by atoms with Gasteiger partial charge in [0.05, 0.1) is 28.3 Å². The predicted octanol–water partition coefficient (Wildman–Crippen LogP) is 5.53. The zero-order valence-corrected chi connectivity index (χ0v) is 18.1. The van der Waals surface area contributed by atoms with Crippen LogP contribution in [0.3, 0.4) is 0 Å². The van der Waals surface area contributed by atoms with Crippen LogP contribution in [0.15, 0.2) is 56.8 Å². The first kappa shape index (κ1) is 20.5. The summed E-state index contributed by atoms with van der Waals surface area (Å²) >= 11 is 4.87. The molecule has 1 N–H and O–H groups in total. The molecule has 0 spiro atoms. The highest BCUT2D eigenvalue weighted by Gasteiger charge is 2.24. The van der Waals surface area contributed by atoms with Gasteiger partial charge in [-0.3, -0.25) is 4.79 Å². The van der Waals surface area contributed by atoms with E-state index in [-0.39, 0.29) is 5.91 Å². The molecular formula is C21H21BrN2O3S. The Balaban J connectivity index is 1.86. The summed E-state index contributed by atoms with van der Waals surface area (Å²) in [6, 6.07) is 13.3. The topological polar surface area (TPSA) is 59.9 Å². The molecule has 1 aliphatic heterocycles. The van der Waals surface area contributed by atoms with Crippen molar-refractivity contribution in [2.24, 2.45) is 4.99 Å². The Bertz CT molecular complexity index is 913. The Kier molecular flexibility index (Phi) is 7.17. The highest BCUT2D eigenvalue weighted by molar-refractivity contribution is 9.10. The molecule has 1 aliphatic rings. The van der Waals surface area contributed by atoms with Crippen molar-refractivity contribution in [1.29, 1.82) is 0 Å². The standard InChI is InChI=1S/C21H21BrN2O3S/c1-3-10-27-19-16(22)11-14(12-17(19)26-4-2)13-18-20(25)24-21(28-18)23-15-8-6-5-7-9-15/h5-9,11-13H,3-4,10H2,1-2H3,(H,23,24,25)/b18-13+. The number of nitrogens with one attached hydrogen (secondary N) is 1. The number of para-hydroxylation sites is 1. The zero-order chi connectivity index (χ0) is 19.9. The number of amidine groups is 1. The fourth-order valence-corrected chi connectivity index (χ4v) is 3.95. The van der Waals surface area contributed by atoms with Crippen LogP contribution in [-0.2, 0) is 4.79 Å². The van der Waals surface area contributed by atoms with Gasteiger partial charge in [0.2, 0.25) is 0 Å². The number of hydrogen-bond acceptors (Lipinski definition) is 5. The summed E-state index contributed by atoms with van der Waals surface area (Å²) in [5.41, 5.74) is 1.64. The molecular weight excluding hydrogens is 440 g/mol. The summed E-state index contributed by atoms with van der Waals surface area (Å²) in [5, 5.41) is 3.37. The van der Waals surface area contributed by atoms with Crippen molar-refractivity contribution >= 4 is 50.5 Å². The van der Waals surface area contributed by atoms with E-state index in [0.29, 0.717) is 34.8 Å². The Morgan fingerprint density at radius 3 is 2.68 bits per heavy atom. The molecule has 28 heavy (non-hydrogen) atoms. The number of carbonyl (C=O) groups is 1. The largest absolute Gasteiger partial charge is 0.490 e. The molecule has 2 aromatic rings. The number of hydrogen-bond donors (Lipinski definition) is 1. The van der Waals surface area contributed by atoms with Gasteiger partial charge in [0, 0.05) is 0 Å². The minimum atomic E-state index is -0.167. The van der Waals surface area contributed by atoms with Crippen molar-refractivity contribution in [2.45, 2.75) is 20.3 Å². The number of benzene rings is 2. The number of rotatable bonds is 7. The molecule has 0 aromatic heterocycles. The molecule has 1 saturated heterocycles. The van der Waals surface area contributed by atoms with Crippen LogP contribution in [-0.4, -0.2) is 24.3 Å². The molecule has 3 rings (SSSR count). The molecule has 5 nitrogen and oxygen atoms in total. The van der Waals surface area contributed by atoms with E-state index in [1.807, 2.05) is 55.5 Å². The maximum Gasteiger partial charge on any atom is 0.264 e. The molecule has 0 bridgehead atoms. The van der Waals surface area contributed by atoms with Crippen LogP contribution in [0.25, 0.3) is 6.08 Å². The third-order valence-electron chi connectivity index (χ3n) is 3.72. The first-order valence-electron chi connectivity index (χ1n) is 9.04. The quantitative estimate of drug-likeness (QED) is 0.551. The summed E-state index contributed by atoms with van der Waals surface area (Å²) in [6.07, 6.45) is 2.73. The second kappa shape index (κ2) is 9.80. The Hall–Kier alpha value is -2.25. The van der Waals surface area contributed by atoms with Crippen molar-refractivity contribution in [1.82, 2.24) is 5.32 Å². The number of thioether (sulfide) groups is 1. The lowest BCUT2D eigenvalue weighted by atomic mass is 10.2. The minimum absolute atomic E-state index is 0.167. The third-order valence-corrected chi connectivity index (χ3v) is 5.22. The van der Waals surface area contributed by atoms with Gasteiger partial charge in [0.25, 0.3) is 5.91 Å². The Labute approximate surface area is 177 Å². The molecule has 2 aromatic carbocycles. The van der Waals surface area contributed by atoms with E-state index in [0.717, 1.165) is 22.1 Å². The van der Waals surface area contributed by atoms with E-state index in [4.69, 9.17) is 9.47 Å². The van der Waals surface area contributed by atoms with Gasteiger partial charge in [0.1, 0.15) is 0 Å². The third kappa shape index (κ3) is 5.17. The van der Waals surface area contributed by atoms with Crippen LogP contribution in [0, 0.1) is 0 Å². The average Bonchev–Trinajstić information content (AvgIpc) is 3.01. The SMILES string of the molecule is CCCOc1c(Br)cc(/C=C2/SC(=Nc3ccccc3)NC2=O)cc1OCC. The molecule has 1 heterocycles. The number of aliphatic imine (C=N–C) groups is 1. The molecule has 0 unspecified atom stereocenters. The van der Waals surface area contributed by atoms with Crippen LogP contribution in [0.2, 0.25) is 0 Å². The maximum atomic E-state index is 12.3. The smallest absolute Gasteiger partial charge is 0.264 e. The van der Waals surface area contributed by atoms with E-state index in [9.17, 15) is 4.79 Å². The summed E-state index contributed by atoms with van der Waals surface area (Å²) in [6.45, 7) is 5.11. The van der Waals surface area contributed by atoms with Crippen LogP contribution in [0.4, 0.5) is 5.69 Å². The van der Waals surface area contributed by atoms with Gasteiger partial charge >= 0.3 is 0 Å². The van der Waals surface area contributed by atoms with Gasteiger partial charge in [-0.25, -0.2) is 4.99 Å². The van der Waals surface area contributed by atoms with E-state index in [1.54, 1.807) is 0 Å². The van der Waals surface area contributed by atoms with Crippen molar-refractivity contribution in [3.63, 3.8) is 0 Å². The second-order valence-corrected chi connectivity index (χ2v) is 7.81. The van der Waals surface area contributed by atoms with Crippen molar-refractivity contribution < 1.29 is 14.3 Å². The summed E-state index contributed by atoms with van der Waals surface area (Å²) in [7, 11) is 0. The molecule has 0 radical (unpaired) electrons. The molecule has 1 fully saturated rings.